The molecule has 0 aliphatic rings. The van der Waals surface area contributed by atoms with Crippen LogP contribution < -0.4 is 4.90 Å². The summed E-state index contributed by atoms with van der Waals surface area (Å²) in [5.41, 5.74) is 0.533. The first kappa shape index (κ1) is 12.1. The molecule has 2 aromatic rings. The largest absolute Gasteiger partial charge is 0.341 e. The molecule has 0 N–H and O–H groups in total. The van der Waals surface area contributed by atoms with Crippen LogP contribution >= 0.6 is 0 Å². The number of hydrogen-bond acceptors (Lipinski definition) is 2. The second kappa shape index (κ2) is 4.84. The Morgan fingerprint density at radius 3 is 2.22 bits per heavy atom. The van der Waals surface area contributed by atoms with Crippen molar-refractivity contribution in [1.82, 2.24) is 0 Å². The van der Waals surface area contributed by atoms with E-state index in [4.69, 9.17) is 5.26 Å². The second-order valence-corrected chi connectivity index (χ2v) is 3.76. The van der Waals surface area contributed by atoms with Gasteiger partial charge in [-0.1, -0.05) is 18.2 Å². The van der Waals surface area contributed by atoms with Crippen LogP contribution in [0.25, 0.3) is 0 Å². The van der Waals surface area contributed by atoms with Crippen LogP contribution in [0.4, 0.5) is 20.2 Å². The van der Waals surface area contributed by atoms with E-state index >= 15 is 0 Å². The summed E-state index contributed by atoms with van der Waals surface area (Å²) in [4.78, 5) is 1.46. The molecule has 90 valence electrons. The Hall–Kier alpha value is -2.41. The summed E-state index contributed by atoms with van der Waals surface area (Å²) >= 11 is 0. The van der Waals surface area contributed by atoms with Crippen molar-refractivity contribution in [3.63, 3.8) is 0 Å². The van der Waals surface area contributed by atoms with E-state index in [1.807, 2.05) is 0 Å². The minimum absolute atomic E-state index is 0.0942. The van der Waals surface area contributed by atoms with E-state index < -0.39 is 11.6 Å². The number of nitrogens with zero attached hydrogens (tertiary/aromatic N) is 2. The molecule has 0 saturated carbocycles. The summed E-state index contributed by atoms with van der Waals surface area (Å²) in [5.74, 6) is -1.04. The van der Waals surface area contributed by atoms with Crippen LogP contribution in [-0.2, 0) is 0 Å². The van der Waals surface area contributed by atoms with Crippen molar-refractivity contribution in [3.05, 3.63) is 59.7 Å². The quantitative estimate of drug-likeness (QED) is 0.807. The lowest BCUT2D eigenvalue weighted by atomic mass is 10.1. The lowest BCUT2D eigenvalue weighted by Gasteiger charge is -2.21. The Morgan fingerprint density at radius 2 is 1.56 bits per heavy atom. The van der Waals surface area contributed by atoms with E-state index in [1.165, 1.54) is 23.1 Å². The molecule has 0 atom stereocenters. The lowest BCUT2D eigenvalue weighted by Crippen LogP contribution is -2.13. The maximum Gasteiger partial charge on any atom is 0.146 e. The predicted molar refractivity (Wildman–Crippen MR) is 65.6 cm³/mol. The first-order valence-electron chi connectivity index (χ1n) is 5.32. The van der Waals surface area contributed by atoms with Crippen molar-refractivity contribution in [2.45, 2.75) is 0 Å². The molecule has 0 amide bonds. The molecule has 0 fully saturated rings. The monoisotopic (exact) mass is 244 g/mol. The first-order chi connectivity index (χ1) is 8.65. The molecule has 2 nitrogen and oxygen atoms in total. The number of halogens is 2. The van der Waals surface area contributed by atoms with Gasteiger partial charge in [-0.25, -0.2) is 8.78 Å². The Balaban J connectivity index is 2.54. The van der Waals surface area contributed by atoms with Crippen LogP contribution in [0.15, 0.2) is 42.5 Å². The number of nitriles is 1. The van der Waals surface area contributed by atoms with E-state index in [0.717, 1.165) is 0 Å². The van der Waals surface area contributed by atoms with E-state index in [2.05, 4.69) is 0 Å². The maximum atomic E-state index is 13.6. The average molecular weight is 244 g/mol. The van der Waals surface area contributed by atoms with E-state index in [0.29, 0.717) is 11.4 Å². The van der Waals surface area contributed by atoms with Crippen LogP contribution in [0.2, 0.25) is 0 Å². The molecule has 0 radical (unpaired) electrons. The molecule has 0 heterocycles. The Labute approximate surface area is 104 Å². The molecular formula is C14H10F2N2. The van der Waals surface area contributed by atoms with Crippen LogP contribution in [0.3, 0.4) is 0 Å². The smallest absolute Gasteiger partial charge is 0.146 e. The lowest BCUT2D eigenvalue weighted by molar-refractivity contribution is 0.621. The van der Waals surface area contributed by atoms with Crippen molar-refractivity contribution in [2.24, 2.45) is 0 Å². The number of rotatable bonds is 2. The van der Waals surface area contributed by atoms with Crippen molar-refractivity contribution < 1.29 is 8.78 Å². The Morgan fingerprint density at radius 1 is 0.944 bits per heavy atom. The van der Waals surface area contributed by atoms with E-state index in [9.17, 15) is 8.78 Å². The first-order valence-corrected chi connectivity index (χ1v) is 5.32. The zero-order chi connectivity index (χ0) is 13.1. The van der Waals surface area contributed by atoms with Gasteiger partial charge in [0, 0.05) is 7.05 Å². The molecule has 0 aliphatic carbocycles. The normalized spacial score (nSPS) is 9.89. The third-order valence-corrected chi connectivity index (χ3v) is 2.68. The van der Waals surface area contributed by atoms with Gasteiger partial charge in [0.15, 0.2) is 0 Å². The minimum Gasteiger partial charge on any atom is -0.341 e. The standard InChI is InChI=1S/C14H10F2N2/c1-18(14-7-3-2-5-12(14)16)13-8-4-6-11(15)10(13)9-17/h2-8H,1H3. The van der Waals surface area contributed by atoms with Gasteiger partial charge in [0.2, 0.25) is 0 Å². The number of anilines is 2. The molecule has 2 rings (SSSR count). The fourth-order valence-corrected chi connectivity index (χ4v) is 1.76. The summed E-state index contributed by atoms with van der Waals surface area (Å²) in [7, 11) is 1.59. The van der Waals surface area contributed by atoms with Gasteiger partial charge in [-0.15, -0.1) is 0 Å². The molecule has 0 aliphatic heterocycles. The van der Waals surface area contributed by atoms with Gasteiger partial charge >= 0.3 is 0 Å². The summed E-state index contributed by atoms with van der Waals surface area (Å²) < 4.78 is 27.1. The molecule has 0 spiro atoms. The zero-order valence-corrected chi connectivity index (χ0v) is 9.69. The summed E-state index contributed by atoms with van der Waals surface area (Å²) in [6.07, 6.45) is 0. The average Bonchev–Trinajstić information content (AvgIpc) is 2.38. The maximum absolute atomic E-state index is 13.6. The fourth-order valence-electron chi connectivity index (χ4n) is 1.76. The van der Waals surface area contributed by atoms with Gasteiger partial charge in [0.25, 0.3) is 0 Å². The van der Waals surface area contributed by atoms with Gasteiger partial charge in [-0.2, -0.15) is 5.26 Å². The third kappa shape index (κ3) is 2.03. The minimum atomic E-state index is -0.613. The highest BCUT2D eigenvalue weighted by Crippen LogP contribution is 2.29. The van der Waals surface area contributed by atoms with Crippen LogP contribution in [0.1, 0.15) is 5.56 Å². The van der Waals surface area contributed by atoms with Crippen molar-refractivity contribution >= 4 is 11.4 Å². The number of hydrogen-bond donors (Lipinski definition) is 0. The van der Waals surface area contributed by atoms with Gasteiger partial charge in [-0.3, -0.25) is 0 Å². The topological polar surface area (TPSA) is 27.0 Å². The molecule has 0 unspecified atom stereocenters. The molecule has 2 aromatic carbocycles. The van der Waals surface area contributed by atoms with E-state index in [-0.39, 0.29) is 5.56 Å². The highest BCUT2D eigenvalue weighted by molar-refractivity contribution is 5.69. The molecule has 0 aromatic heterocycles. The molecule has 0 bridgehead atoms. The van der Waals surface area contributed by atoms with Crippen molar-refractivity contribution in [3.8, 4) is 6.07 Å². The summed E-state index contributed by atoms with van der Waals surface area (Å²) in [6.45, 7) is 0. The van der Waals surface area contributed by atoms with Crippen molar-refractivity contribution in [2.75, 3.05) is 11.9 Å². The summed E-state index contributed by atoms with van der Waals surface area (Å²) in [5, 5.41) is 8.95. The number of benzene rings is 2. The third-order valence-electron chi connectivity index (χ3n) is 2.68. The van der Waals surface area contributed by atoms with Gasteiger partial charge in [0.05, 0.1) is 11.4 Å². The van der Waals surface area contributed by atoms with E-state index in [1.54, 1.807) is 37.4 Å². The second-order valence-electron chi connectivity index (χ2n) is 3.76. The van der Waals surface area contributed by atoms with Gasteiger partial charge in [0.1, 0.15) is 23.3 Å². The summed E-state index contributed by atoms with van der Waals surface area (Å²) in [6, 6.07) is 12.2. The molecule has 18 heavy (non-hydrogen) atoms. The zero-order valence-electron chi connectivity index (χ0n) is 9.69. The Kier molecular flexibility index (Phi) is 3.24. The highest BCUT2D eigenvalue weighted by Gasteiger charge is 2.15. The van der Waals surface area contributed by atoms with Crippen LogP contribution in [0, 0.1) is 23.0 Å². The highest BCUT2D eigenvalue weighted by atomic mass is 19.1. The predicted octanol–water partition coefficient (Wildman–Crippen LogP) is 3.60. The fraction of sp³-hybridized carbons (Fsp3) is 0.0714. The van der Waals surface area contributed by atoms with Gasteiger partial charge in [-0.05, 0) is 24.3 Å². The van der Waals surface area contributed by atoms with Crippen LogP contribution in [-0.4, -0.2) is 7.05 Å². The Bertz CT molecular complexity index is 617. The van der Waals surface area contributed by atoms with Crippen molar-refractivity contribution in [1.29, 1.82) is 5.26 Å². The number of para-hydroxylation sites is 1. The SMILES string of the molecule is CN(c1ccccc1F)c1cccc(F)c1C#N. The van der Waals surface area contributed by atoms with Crippen LogP contribution in [0.5, 0.6) is 0 Å². The molecule has 0 saturated heterocycles. The van der Waals surface area contributed by atoms with Gasteiger partial charge < -0.3 is 4.90 Å². The molecular weight excluding hydrogens is 234 g/mol. The molecule has 4 heteroatoms.